The molecule has 0 spiro atoms. The van der Waals surface area contributed by atoms with Crippen LogP contribution in [0.25, 0.3) is 0 Å². The fourth-order valence-electron chi connectivity index (χ4n) is 2.91. The molecule has 2 N–H and O–H groups in total. The minimum absolute atomic E-state index is 0.0767. The number of hydrogen-bond donors (Lipinski definition) is 1. The number of thioether (sulfide) groups is 1. The highest BCUT2D eigenvalue weighted by molar-refractivity contribution is 8.00. The summed E-state index contributed by atoms with van der Waals surface area (Å²) in [5.41, 5.74) is 0. The van der Waals surface area contributed by atoms with E-state index in [0.717, 1.165) is 32.7 Å². The van der Waals surface area contributed by atoms with Gasteiger partial charge in [0.2, 0.25) is 11.1 Å². The summed E-state index contributed by atoms with van der Waals surface area (Å²) in [5.74, 6) is 6.73. The third kappa shape index (κ3) is 4.93. The third-order valence-corrected chi connectivity index (χ3v) is 5.72. The van der Waals surface area contributed by atoms with E-state index in [4.69, 9.17) is 10.6 Å². The summed E-state index contributed by atoms with van der Waals surface area (Å²) in [6.45, 7) is 8.36. The number of nitrogens with two attached hydrogens (primary N) is 1. The lowest BCUT2D eigenvalue weighted by atomic mass is 10.3. The number of amides is 1. The van der Waals surface area contributed by atoms with Crippen LogP contribution in [-0.2, 0) is 11.4 Å². The summed E-state index contributed by atoms with van der Waals surface area (Å²) in [5, 5.41) is 8.23. The number of benzene rings is 1. The van der Waals surface area contributed by atoms with Crippen molar-refractivity contribution in [1.82, 2.24) is 24.7 Å². The van der Waals surface area contributed by atoms with Crippen LogP contribution in [0.15, 0.2) is 29.4 Å². The van der Waals surface area contributed by atoms with E-state index in [-0.39, 0.29) is 23.6 Å². The van der Waals surface area contributed by atoms with Gasteiger partial charge in [-0.1, -0.05) is 18.7 Å². The lowest BCUT2D eigenvalue weighted by Gasteiger charge is -2.35. The van der Waals surface area contributed by atoms with Gasteiger partial charge in [0, 0.05) is 26.2 Å². The zero-order valence-electron chi connectivity index (χ0n) is 16.0. The number of likely N-dealkylation sites (N-methyl/N-ethyl adjacent to an activating group) is 1. The summed E-state index contributed by atoms with van der Waals surface area (Å²) in [6, 6.07) is 5.69. The minimum atomic E-state index is -0.331. The van der Waals surface area contributed by atoms with Crippen LogP contribution in [0.3, 0.4) is 0 Å². The van der Waals surface area contributed by atoms with Gasteiger partial charge in [0.15, 0.2) is 5.82 Å². The Hall–Kier alpha value is -2.33. The summed E-state index contributed by atoms with van der Waals surface area (Å²) in [7, 11) is 0. The number of piperazine rings is 1. The molecule has 3 rings (SSSR count). The van der Waals surface area contributed by atoms with Gasteiger partial charge in [-0.05, 0) is 37.7 Å². The van der Waals surface area contributed by atoms with Crippen molar-refractivity contribution in [3.8, 4) is 5.75 Å². The normalized spacial score (nSPS) is 16.2. The largest absolute Gasteiger partial charge is 0.486 e. The van der Waals surface area contributed by atoms with Gasteiger partial charge in [-0.3, -0.25) is 4.79 Å². The summed E-state index contributed by atoms with van der Waals surface area (Å²) in [6.07, 6.45) is 0. The van der Waals surface area contributed by atoms with E-state index in [9.17, 15) is 9.18 Å². The predicted molar refractivity (Wildman–Crippen MR) is 105 cm³/mol. The number of nitrogens with zero attached hydrogens (tertiary/aromatic N) is 5. The molecule has 1 aromatic heterocycles. The molecule has 28 heavy (non-hydrogen) atoms. The molecule has 1 unspecified atom stereocenters. The van der Waals surface area contributed by atoms with Crippen LogP contribution >= 0.6 is 11.8 Å². The van der Waals surface area contributed by atoms with Crippen LogP contribution < -0.4 is 10.6 Å². The van der Waals surface area contributed by atoms with Crippen molar-refractivity contribution in [2.24, 2.45) is 0 Å². The standard InChI is InChI=1S/C18H25FN6O2S/c1-3-23-8-10-24(11-9-23)17(26)13(2)28-18-22-21-16(25(18)20)12-27-15-6-4-14(19)5-7-15/h4-7,13H,3,8-12,20H2,1-2H3. The Kier molecular flexibility index (Phi) is 6.74. The lowest BCUT2D eigenvalue weighted by molar-refractivity contribution is -0.132. The molecule has 152 valence electrons. The maximum Gasteiger partial charge on any atom is 0.235 e. The highest BCUT2D eigenvalue weighted by atomic mass is 32.2. The zero-order chi connectivity index (χ0) is 20.1. The second-order valence-electron chi connectivity index (χ2n) is 6.53. The fraction of sp³-hybridized carbons (Fsp3) is 0.500. The number of halogens is 1. The Morgan fingerprint density at radius 3 is 2.57 bits per heavy atom. The molecule has 1 aliphatic rings. The SMILES string of the molecule is CCN1CCN(C(=O)C(C)Sc2nnc(COc3ccc(F)cc3)n2N)CC1. The molecule has 0 bridgehead atoms. The van der Waals surface area contributed by atoms with Crippen molar-refractivity contribution in [2.75, 3.05) is 38.6 Å². The van der Waals surface area contributed by atoms with Gasteiger partial charge in [-0.15, -0.1) is 10.2 Å². The molecule has 2 aromatic rings. The number of carbonyl (C=O) groups excluding carboxylic acids is 1. The van der Waals surface area contributed by atoms with Gasteiger partial charge in [-0.25, -0.2) is 9.07 Å². The molecule has 2 heterocycles. The Morgan fingerprint density at radius 2 is 1.93 bits per heavy atom. The van der Waals surface area contributed by atoms with Gasteiger partial charge in [0.05, 0.1) is 5.25 Å². The van der Waals surface area contributed by atoms with E-state index < -0.39 is 0 Å². The lowest BCUT2D eigenvalue weighted by Crippen LogP contribution is -2.50. The van der Waals surface area contributed by atoms with Crippen molar-refractivity contribution < 1.29 is 13.9 Å². The van der Waals surface area contributed by atoms with E-state index in [1.54, 1.807) is 0 Å². The first-order chi connectivity index (χ1) is 13.5. The first kappa shape index (κ1) is 20.4. The molecule has 0 saturated carbocycles. The molecule has 1 amide bonds. The second kappa shape index (κ2) is 9.24. The highest BCUT2D eigenvalue weighted by Crippen LogP contribution is 2.23. The molecule has 1 atom stereocenters. The third-order valence-electron chi connectivity index (χ3n) is 4.68. The summed E-state index contributed by atoms with van der Waals surface area (Å²) < 4.78 is 19.8. The quantitative estimate of drug-likeness (QED) is 0.546. The van der Waals surface area contributed by atoms with Crippen molar-refractivity contribution in [2.45, 2.75) is 30.9 Å². The molecule has 8 nitrogen and oxygen atoms in total. The van der Waals surface area contributed by atoms with Gasteiger partial charge in [0.1, 0.15) is 18.2 Å². The number of hydrogen-bond acceptors (Lipinski definition) is 7. The smallest absolute Gasteiger partial charge is 0.235 e. The molecule has 1 saturated heterocycles. The topological polar surface area (TPSA) is 89.5 Å². The van der Waals surface area contributed by atoms with E-state index >= 15 is 0 Å². The fourth-order valence-corrected chi connectivity index (χ4v) is 3.79. The number of nitrogen functional groups attached to an aromatic ring is 1. The van der Waals surface area contributed by atoms with Crippen molar-refractivity contribution in [3.63, 3.8) is 0 Å². The number of rotatable bonds is 7. The molecular weight excluding hydrogens is 383 g/mol. The van der Waals surface area contributed by atoms with Crippen LogP contribution in [0, 0.1) is 5.82 Å². The van der Waals surface area contributed by atoms with Gasteiger partial charge in [0.25, 0.3) is 0 Å². The number of aromatic nitrogens is 3. The van der Waals surface area contributed by atoms with Crippen molar-refractivity contribution >= 4 is 17.7 Å². The second-order valence-corrected chi connectivity index (χ2v) is 7.84. The van der Waals surface area contributed by atoms with Crippen molar-refractivity contribution in [3.05, 3.63) is 35.9 Å². The monoisotopic (exact) mass is 408 g/mol. The number of ether oxygens (including phenoxy) is 1. The van der Waals surface area contributed by atoms with E-state index in [1.165, 1.54) is 40.7 Å². The van der Waals surface area contributed by atoms with Crippen LogP contribution in [-0.4, -0.2) is 68.6 Å². The summed E-state index contributed by atoms with van der Waals surface area (Å²) >= 11 is 1.28. The van der Waals surface area contributed by atoms with Crippen molar-refractivity contribution in [1.29, 1.82) is 0 Å². The molecule has 0 aliphatic carbocycles. The Balaban J connectivity index is 1.54. The molecule has 1 fully saturated rings. The van der Waals surface area contributed by atoms with Crippen LogP contribution in [0.4, 0.5) is 4.39 Å². The maximum atomic E-state index is 12.9. The first-order valence-corrected chi connectivity index (χ1v) is 10.1. The first-order valence-electron chi connectivity index (χ1n) is 9.23. The Labute approximate surface area is 167 Å². The minimum Gasteiger partial charge on any atom is -0.486 e. The predicted octanol–water partition coefficient (Wildman–Crippen LogP) is 1.35. The molecule has 1 aromatic carbocycles. The van der Waals surface area contributed by atoms with E-state index in [2.05, 4.69) is 22.0 Å². The highest BCUT2D eigenvalue weighted by Gasteiger charge is 2.26. The van der Waals surface area contributed by atoms with Gasteiger partial charge >= 0.3 is 0 Å². The van der Waals surface area contributed by atoms with Crippen LogP contribution in [0.2, 0.25) is 0 Å². The van der Waals surface area contributed by atoms with Gasteiger partial charge < -0.3 is 20.4 Å². The molecule has 0 radical (unpaired) electrons. The average molecular weight is 409 g/mol. The van der Waals surface area contributed by atoms with Crippen LogP contribution in [0.5, 0.6) is 5.75 Å². The molecule has 1 aliphatic heterocycles. The Morgan fingerprint density at radius 1 is 1.25 bits per heavy atom. The number of carbonyl (C=O) groups is 1. The van der Waals surface area contributed by atoms with Gasteiger partial charge in [-0.2, -0.15) is 0 Å². The Bertz CT molecular complexity index is 792. The zero-order valence-corrected chi connectivity index (χ0v) is 16.9. The van der Waals surface area contributed by atoms with E-state index in [0.29, 0.717) is 16.7 Å². The molecular formula is C18H25FN6O2S. The average Bonchev–Trinajstić information content (AvgIpc) is 3.06. The maximum absolute atomic E-state index is 12.9. The summed E-state index contributed by atoms with van der Waals surface area (Å²) in [4.78, 5) is 16.9. The molecule has 10 heteroatoms. The van der Waals surface area contributed by atoms with Crippen LogP contribution in [0.1, 0.15) is 19.7 Å². The van der Waals surface area contributed by atoms with E-state index in [1.807, 2.05) is 11.8 Å².